The molecule has 2 aliphatic carbocycles. The molecule has 0 unspecified atom stereocenters. The number of fused-ring (bicyclic) bond motifs is 12. The summed E-state index contributed by atoms with van der Waals surface area (Å²) in [5, 5.41) is 0. The number of rotatable bonds is 7. The summed E-state index contributed by atoms with van der Waals surface area (Å²) in [6, 6.07) is 89.8. The minimum Gasteiger partial charge on any atom is -0.448 e. The highest BCUT2D eigenvalue weighted by Crippen LogP contribution is 2.64. The lowest BCUT2D eigenvalue weighted by molar-refractivity contribution is 0.364. The van der Waals surface area contributed by atoms with E-state index in [1.54, 1.807) is 11.3 Å². The second-order valence-electron chi connectivity index (χ2n) is 17.9. The number of ether oxygens (including phenoxy) is 2. The van der Waals surface area contributed by atoms with Gasteiger partial charge in [-0.25, -0.2) is 0 Å². The molecule has 0 amide bonds. The number of anilines is 3. The van der Waals surface area contributed by atoms with Gasteiger partial charge in [0, 0.05) is 17.1 Å². The first-order valence-electron chi connectivity index (χ1n) is 23.5. The highest BCUT2D eigenvalue weighted by molar-refractivity contribution is 7.19. The topological polar surface area (TPSA) is 21.7 Å². The highest BCUT2D eigenvalue weighted by Gasteiger charge is 2.51. The SMILES string of the molecule is c1ccc(-c2ccc(-c3sc(-c4ccc(N(c5ccc(-c6ccccc6)cc5)c5ccc6c(c5)C5(c7ccccc7-c7ccccc75)c5ccccc5-6)cc4)c4c3Oc3ccccc3O4)cc2)cc1. The lowest BCUT2D eigenvalue weighted by Gasteiger charge is -2.32. The van der Waals surface area contributed by atoms with Crippen molar-refractivity contribution in [2.75, 3.05) is 4.90 Å². The number of thiophene rings is 1. The molecule has 0 fully saturated rings. The Balaban J connectivity index is 0.912. The van der Waals surface area contributed by atoms with Gasteiger partial charge < -0.3 is 14.4 Å². The normalized spacial score (nSPS) is 13.0. The molecule has 0 saturated carbocycles. The van der Waals surface area contributed by atoms with E-state index in [9.17, 15) is 0 Å². The zero-order valence-electron chi connectivity index (χ0n) is 37.3. The summed E-state index contributed by atoms with van der Waals surface area (Å²) in [5.74, 6) is 2.90. The van der Waals surface area contributed by atoms with Crippen LogP contribution in [-0.2, 0) is 5.41 Å². The van der Waals surface area contributed by atoms with Crippen molar-refractivity contribution in [3.8, 4) is 88.4 Å². The first kappa shape index (κ1) is 39.5. The molecule has 3 aliphatic rings. The molecule has 0 N–H and O–H groups in total. The van der Waals surface area contributed by atoms with Crippen molar-refractivity contribution in [1.29, 1.82) is 0 Å². The van der Waals surface area contributed by atoms with Gasteiger partial charge in [0.2, 0.25) is 0 Å². The molecule has 3 nitrogen and oxygen atoms in total. The van der Waals surface area contributed by atoms with Crippen LogP contribution in [-0.4, -0.2) is 0 Å². The summed E-state index contributed by atoms with van der Waals surface area (Å²) in [6.45, 7) is 0. The van der Waals surface area contributed by atoms with Crippen LogP contribution < -0.4 is 14.4 Å². The van der Waals surface area contributed by atoms with Crippen molar-refractivity contribution in [3.05, 3.63) is 271 Å². The van der Waals surface area contributed by atoms with Gasteiger partial charge >= 0.3 is 0 Å². The Bertz CT molecular complexity index is 3700. The minimum absolute atomic E-state index is 0.458. The van der Waals surface area contributed by atoms with Gasteiger partial charge in [-0.05, 0) is 126 Å². The quantitative estimate of drug-likeness (QED) is 0.159. The molecule has 1 aliphatic heterocycles. The van der Waals surface area contributed by atoms with Crippen LogP contribution in [0, 0.1) is 0 Å². The van der Waals surface area contributed by atoms with E-state index < -0.39 is 5.41 Å². The second-order valence-corrected chi connectivity index (χ2v) is 18.9. The molecule has 0 saturated heterocycles. The standard InChI is InChI=1S/C65H41NO2S/c1-3-15-42(16-4-1)44-27-29-46(30-28-44)63-61-62(68-60-26-14-13-25-59(60)67-61)64(69-63)47-33-37-49(38-34-47)66(48-35-31-45(32-36-48)43-17-5-2-6-18-43)50-39-40-54-53-21-9-12-24-57(53)65(58(54)41-50)55-22-10-7-19-51(55)52-20-8-11-23-56(52)65/h1-41H. The Kier molecular flexibility index (Phi) is 8.98. The summed E-state index contributed by atoms with van der Waals surface area (Å²) in [6.07, 6.45) is 0. The van der Waals surface area contributed by atoms with E-state index >= 15 is 0 Å². The lowest BCUT2D eigenvalue weighted by atomic mass is 9.70. The zero-order chi connectivity index (χ0) is 45.5. The van der Waals surface area contributed by atoms with Gasteiger partial charge in [-0.3, -0.25) is 0 Å². The van der Waals surface area contributed by atoms with Crippen molar-refractivity contribution in [2.24, 2.45) is 0 Å². The number of nitrogens with zero attached hydrogens (tertiary/aromatic N) is 1. The molecule has 1 spiro atoms. The Morgan fingerprint density at radius 1 is 0.290 bits per heavy atom. The van der Waals surface area contributed by atoms with E-state index in [1.807, 2.05) is 24.3 Å². The van der Waals surface area contributed by atoms with Gasteiger partial charge in [0.25, 0.3) is 0 Å². The summed E-state index contributed by atoms with van der Waals surface area (Å²) in [4.78, 5) is 4.45. The largest absolute Gasteiger partial charge is 0.448 e. The van der Waals surface area contributed by atoms with E-state index in [-0.39, 0.29) is 0 Å². The van der Waals surface area contributed by atoms with Crippen LogP contribution in [0.4, 0.5) is 17.1 Å². The molecule has 0 atom stereocenters. The molecule has 0 bridgehead atoms. The van der Waals surface area contributed by atoms with Gasteiger partial charge in [-0.1, -0.05) is 200 Å². The number of hydrogen-bond acceptors (Lipinski definition) is 4. The minimum atomic E-state index is -0.458. The van der Waals surface area contributed by atoms with Crippen molar-refractivity contribution in [2.45, 2.75) is 5.41 Å². The fourth-order valence-electron chi connectivity index (χ4n) is 11.1. The van der Waals surface area contributed by atoms with Crippen LogP contribution in [0.25, 0.3) is 65.4 Å². The summed E-state index contributed by atoms with van der Waals surface area (Å²) in [5.41, 5.74) is 20.0. The van der Waals surface area contributed by atoms with Crippen LogP contribution >= 0.6 is 11.3 Å². The third-order valence-corrected chi connectivity index (χ3v) is 15.5. The maximum Gasteiger partial charge on any atom is 0.189 e. The fourth-order valence-corrected chi connectivity index (χ4v) is 12.3. The highest BCUT2D eigenvalue weighted by atomic mass is 32.1. The van der Waals surface area contributed by atoms with E-state index in [1.165, 1.54) is 66.8 Å². The summed E-state index contributed by atoms with van der Waals surface area (Å²) in [7, 11) is 0. The number of hydrogen-bond donors (Lipinski definition) is 0. The van der Waals surface area contributed by atoms with Crippen LogP contribution in [0.5, 0.6) is 23.0 Å². The average Bonchev–Trinajstić information content (AvgIpc) is 4.05. The van der Waals surface area contributed by atoms with Crippen molar-refractivity contribution < 1.29 is 9.47 Å². The predicted molar refractivity (Wildman–Crippen MR) is 284 cm³/mol. The van der Waals surface area contributed by atoms with E-state index in [4.69, 9.17) is 9.47 Å². The molecule has 1 aromatic heterocycles. The van der Waals surface area contributed by atoms with E-state index in [0.29, 0.717) is 11.5 Å². The Hall–Kier alpha value is -8.70. The van der Waals surface area contributed by atoms with Crippen molar-refractivity contribution in [1.82, 2.24) is 0 Å². The summed E-state index contributed by atoms with van der Waals surface area (Å²) >= 11 is 1.70. The second kappa shape index (κ2) is 15.7. The van der Waals surface area contributed by atoms with Gasteiger partial charge in [0.1, 0.15) is 0 Å². The van der Waals surface area contributed by atoms with Crippen molar-refractivity contribution in [3.63, 3.8) is 0 Å². The third-order valence-electron chi connectivity index (χ3n) is 14.2. The monoisotopic (exact) mass is 899 g/mol. The van der Waals surface area contributed by atoms with Crippen LogP contribution in [0.3, 0.4) is 0 Å². The van der Waals surface area contributed by atoms with Gasteiger partial charge in [-0.15, -0.1) is 11.3 Å². The van der Waals surface area contributed by atoms with Crippen LogP contribution in [0.2, 0.25) is 0 Å². The summed E-state index contributed by atoms with van der Waals surface area (Å²) < 4.78 is 13.5. The molecule has 324 valence electrons. The molecular weight excluding hydrogens is 859 g/mol. The van der Waals surface area contributed by atoms with Crippen molar-refractivity contribution >= 4 is 28.4 Å². The van der Waals surface area contributed by atoms with E-state index in [2.05, 4.69) is 229 Å². The third kappa shape index (κ3) is 6.12. The maximum atomic E-state index is 6.76. The first-order valence-corrected chi connectivity index (χ1v) is 24.3. The van der Waals surface area contributed by atoms with Crippen LogP contribution in [0.1, 0.15) is 22.3 Å². The molecule has 4 heteroatoms. The predicted octanol–water partition coefficient (Wildman–Crippen LogP) is 18.1. The molecule has 69 heavy (non-hydrogen) atoms. The van der Waals surface area contributed by atoms with Gasteiger partial charge in [0.15, 0.2) is 23.0 Å². The smallest absolute Gasteiger partial charge is 0.189 e. The molecule has 2 heterocycles. The van der Waals surface area contributed by atoms with Gasteiger partial charge in [0.05, 0.1) is 15.2 Å². The van der Waals surface area contributed by atoms with Crippen LogP contribution in [0.15, 0.2) is 249 Å². The Morgan fingerprint density at radius 2 is 0.638 bits per heavy atom. The first-order chi connectivity index (χ1) is 34.2. The van der Waals surface area contributed by atoms with E-state index in [0.717, 1.165) is 49.4 Å². The number of benzene rings is 10. The zero-order valence-corrected chi connectivity index (χ0v) is 38.2. The molecule has 10 aromatic carbocycles. The molecule has 0 radical (unpaired) electrons. The fraction of sp³-hybridized carbons (Fsp3) is 0.0154. The Labute approximate surface area is 405 Å². The Morgan fingerprint density at radius 3 is 1.12 bits per heavy atom. The van der Waals surface area contributed by atoms with Gasteiger partial charge in [-0.2, -0.15) is 0 Å². The molecule has 14 rings (SSSR count). The molecule has 11 aromatic rings. The maximum absolute atomic E-state index is 6.76. The average molecular weight is 900 g/mol. The number of para-hydroxylation sites is 2. The molecular formula is C65H41NO2S. The lowest BCUT2D eigenvalue weighted by Crippen LogP contribution is -2.26.